The lowest BCUT2D eigenvalue weighted by Crippen LogP contribution is -2.53. The summed E-state index contributed by atoms with van der Waals surface area (Å²) >= 11 is 0. The van der Waals surface area contributed by atoms with Crippen molar-refractivity contribution in [2.75, 3.05) is 11.9 Å². The SMILES string of the molecule is CC(=O)OC[C@H]1O[C@H](CCC(=O)Nc2ccccc2)C[C@@H](OC(C)=O)[C@H]1OC(C)=O. The fourth-order valence-corrected chi connectivity index (χ4v) is 3.24. The molecule has 9 heteroatoms. The summed E-state index contributed by atoms with van der Waals surface area (Å²) in [4.78, 5) is 46.5. The highest BCUT2D eigenvalue weighted by Gasteiger charge is 2.43. The molecule has 1 fully saturated rings. The molecule has 1 aromatic rings. The maximum atomic E-state index is 12.2. The van der Waals surface area contributed by atoms with E-state index in [-0.39, 0.29) is 25.4 Å². The van der Waals surface area contributed by atoms with E-state index in [2.05, 4.69) is 5.32 Å². The Labute approximate surface area is 175 Å². The molecule has 1 amide bonds. The zero-order valence-electron chi connectivity index (χ0n) is 17.3. The summed E-state index contributed by atoms with van der Waals surface area (Å²) in [6.45, 7) is 3.56. The van der Waals surface area contributed by atoms with Crippen LogP contribution in [0.25, 0.3) is 0 Å². The minimum Gasteiger partial charge on any atom is -0.463 e. The molecule has 0 spiro atoms. The molecule has 1 saturated heterocycles. The number of ether oxygens (including phenoxy) is 4. The molecule has 2 rings (SSSR count). The van der Waals surface area contributed by atoms with Crippen molar-refractivity contribution >= 4 is 29.5 Å². The van der Waals surface area contributed by atoms with Gasteiger partial charge in [-0.2, -0.15) is 0 Å². The van der Waals surface area contributed by atoms with E-state index in [0.717, 1.165) is 0 Å². The fourth-order valence-electron chi connectivity index (χ4n) is 3.24. The monoisotopic (exact) mass is 421 g/mol. The van der Waals surface area contributed by atoms with Gasteiger partial charge in [0.15, 0.2) is 6.10 Å². The number of esters is 3. The minimum atomic E-state index is -0.917. The molecule has 0 saturated carbocycles. The van der Waals surface area contributed by atoms with Crippen LogP contribution in [0, 0.1) is 0 Å². The van der Waals surface area contributed by atoms with Crippen LogP contribution in [-0.2, 0) is 38.1 Å². The predicted octanol–water partition coefficient (Wildman–Crippen LogP) is 1.99. The van der Waals surface area contributed by atoms with Gasteiger partial charge in [0.2, 0.25) is 5.91 Å². The van der Waals surface area contributed by atoms with Gasteiger partial charge in [-0.3, -0.25) is 19.2 Å². The number of hydrogen-bond acceptors (Lipinski definition) is 8. The number of benzene rings is 1. The van der Waals surface area contributed by atoms with Gasteiger partial charge in [-0.1, -0.05) is 18.2 Å². The van der Waals surface area contributed by atoms with E-state index in [1.807, 2.05) is 18.2 Å². The number of hydrogen-bond donors (Lipinski definition) is 1. The third-order valence-electron chi connectivity index (χ3n) is 4.42. The van der Waals surface area contributed by atoms with Gasteiger partial charge >= 0.3 is 17.9 Å². The molecule has 0 aliphatic carbocycles. The van der Waals surface area contributed by atoms with E-state index in [4.69, 9.17) is 18.9 Å². The van der Waals surface area contributed by atoms with Crippen LogP contribution in [0.4, 0.5) is 5.69 Å². The second-order valence-corrected chi connectivity index (χ2v) is 7.01. The van der Waals surface area contributed by atoms with E-state index in [1.54, 1.807) is 12.1 Å². The van der Waals surface area contributed by atoms with Crippen molar-refractivity contribution in [3.8, 4) is 0 Å². The number of carbonyl (C=O) groups excluding carboxylic acids is 4. The van der Waals surface area contributed by atoms with Crippen LogP contribution in [0.5, 0.6) is 0 Å². The van der Waals surface area contributed by atoms with Crippen LogP contribution in [0.1, 0.15) is 40.0 Å². The molecule has 0 unspecified atom stereocenters. The second-order valence-electron chi connectivity index (χ2n) is 7.01. The lowest BCUT2D eigenvalue weighted by molar-refractivity contribution is -0.215. The summed E-state index contributed by atoms with van der Waals surface area (Å²) in [5.41, 5.74) is 0.688. The standard InChI is InChI=1S/C21H27NO8/c1-13(23)27-12-19-21(29-15(3)25)18(28-14(2)24)11-17(30-19)9-10-20(26)22-16-7-5-4-6-8-16/h4-8,17-19,21H,9-12H2,1-3H3,(H,22,26)/t17-,18-,19-,21-/m1/s1. The van der Waals surface area contributed by atoms with Crippen LogP contribution in [-0.4, -0.2) is 54.8 Å². The van der Waals surface area contributed by atoms with Crippen LogP contribution in [0.3, 0.4) is 0 Å². The molecule has 30 heavy (non-hydrogen) atoms. The largest absolute Gasteiger partial charge is 0.463 e. The van der Waals surface area contributed by atoms with Crippen LogP contribution < -0.4 is 5.32 Å². The van der Waals surface area contributed by atoms with Gasteiger partial charge in [0.05, 0.1) is 6.10 Å². The van der Waals surface area contributed by atoms with Gasteiger partial charge in [0.1, 0.15) is 18.8 Å². The van der Waals surface area contributed by atoms with Crippen molar-refractivity contribution in [3.05, 3.63) is 30.3 Å². The lowest BCUT2D eigenvalue weighted by Gasteiger charge is -2.40. The second kappa shape index (κ2) is 11.3. The Bertz CT molecular complexity index is 751. The molecule has 0 bridgehead atoms. The molecule has 1 aliphatic rings. The molecule has 0 radical (unpaired) electrons. The summed E-state index contributed by atoms with van der Waals surface area (Å²) < 4.78 is 21.6. The summed E-state index contributed by atoms with van der Waals surface area (Å²) in [6.07, 6.45) is -2.21. The van der Waals surface area contributed by atoms with E-state index >= 15 is 0 Å². The molecule has 164 valence electrons. The third-order valence-corrected chi connectivity index (χ3v) is 4.42. The van der Waals surface area contributed by atoms with Gasteiger partial charge in [-0.15, -0.1) is 0 Å². The summed E-state index contributed by atoms with van der Waals surface area (Å²) in [5, 5.41) is 2.79. The van der Waals surface area contributed by atoms with E-state index in [0.29, 0.717) is 12.1 Å². The topological polar surface area (TPSA) is 117 Å². The van der Waals surface area contributed by atoms with Crippen molar-refractivity contribution < 1.29 is 38.1 Å². The predicted molar refractivity (Wildman–Crippen MR) is 105 cm³/mol. The Morgan fingerprint density at radius 3 is 2.27 bits per heavy atom. The van der Waals surface area contributed by atoms with Crippen LogP contribution in [0.2, 0.25) is 0 Å². The van der Waals surface area contributed by atoms with E-state index in [9.17, 15) is 19.2 Å². The summed E-state index contributed by atoms with van der Waals surface area (Å²) in [5.74, 6) is -1.82. The Morgan fingerprint density at radius 2 is 1.67 bits per heavy atom. The number of anilines is 1. The van der Waals surface area contributed by atoms with Gasteiger partial charge in [0, 0.05) is 39.3 Å². The maximum absolute atomic E-state index is 12.2. The molecule has 1 aliphatic heterocycles. The van der Waals surface area contributed by atoms with Crippen molar-refractivity contribution in [1.29, 1.82) is 0 Å². The lowest BCUT2D eigenvalue weighted by atomic mass is 9.95. The average molecular weight is 421 g/mol. The molecule has 0 aromatic heterocycles. The fraction of sp³-hybridized carbons (Fsp3) is 0.524. The zero-order valence-corrected chi connectivity index (χ0v) is 17.3. The van der Waals surface area contributed by atoms with Crippen LogP contribution in [0.15, 0.2) is 30.3 Å². The normalized spacial score (nSPS) is 23.2. The number of rotatable bonds is 8. The number of carbonyl (C=O) groups is 4. The Balaban J connectivity index is 2.03. The van der Waals surface area contributed by atoms with E-state index < -0.39 is 42.3 Å². The first-order chi connectivity index (χ1) is 14.2. The quantitative estimate of drug-likeness (QED) is 0.500. The minimum absolute atomic E-state index is 0.169. The molecular formula is C21H27NO8. The number of amides is 1. The van der Waals surface area contributed by atoms with E-state index in [1.165, 1.54) is 20.8 Å². The first-order valence-electron chi connectivity index (χ1n) is 9.72. The first kappa shape index (κ1) is 23.3. The third kappa shape index (κ3) is 7.82. The average Bonchev–Trinajstić information content (AvgIpc) is 2.66. The van der Waals surface area contributed by atoms with Crippen molar-refractivity contribution in [3.63, 3.8) is 0 Å². The molecule has 1 heterocycles. The number of para-hydroxylation sites is 1. The highest BCUT2D eigenvalue weighted by Crippen LogP contribution is 2.28. The highest BCUT2D eigenvalue weighted by atomic mass is 16.6. The Morgan fingerprint density at radius 1 is 1.00 bits per heavy atom. The van der Waals surface area contributed by atoms with Gasteiger partial charge in [-0.05, 0) is 18.6 Å². The maximum Gasteiger partial charge on any atom is 0.303 e. The molecule has 1 N–H and O–H groups in total. The Kier molecular flexibility index (Phi) is 8.79. The summed E-state index contributed by atoms with van der Waals surface area (Å²) in [7, 11) is 0. The highest BCUT2D eigenvalue weighted by molar-refractivity contribution is 5.90. The molecule has 4 atom stereocenters. The van der Waals surface area contributed by atoms with Gasteiger partial charge in [-0.25, -0.2) is 0 Å². The first-order valence-corrected chi connectivity index (χ1v) is 9.72. The van der Waals surface area contributed by atoms with Gasteiger partial charge < -0.3 is 24.3 Å². The Hall–Kier alpha value is -2.94. The van der Waals surface area contributed by atoms with Crippen molar-refractivity contribution in [1.82, 2.24) is 0 Å². The zero-order chi connectivity index (χ0) is 22.1. The van der Waals surface area contributed by atoms with Crippen molar-refractivity contribution in [2.24, 2.45) is 0 Å². The molecular weight excluding hydrogens is 394 g/mol. The van der Waals surface area contributed by atoms with Gasteiger partial charge in [0.25, 0.3) is 0 Å². The molecule has 9 nitrogen and oxygen atoms in total. The van der Waals surface area contributed by atoms with Crippen molar-refractivity contribution in [2.45, 2.75) is 64.4 Å². The molecule has 1 aromatic carbocycles. The number of nitrogens with one attached hydrogen (secondary N) is 1. The van der Waals surface area contributed by atoms with Crippen LogP contribution >= 0.6 is 0 Å². The summed E-state index contributed by atoms with van der Waals surface area (Å²) in [6, 6.07) is 9.05. The smallest absolute Gasteiger partial charge is 0.303 e.